The van der Waals surface area contributed by atoms with Crippen molar-refractivity contribution in [2.45, 2.75) is 45.7 Å². The molecule has 0 radical (unpaired) electrons. The second-order valence-corrected chi connectivity index (χ2v) is 5.86. The van der Waals surface area contributed by atoms with Crippen LogP contribution in [0, 0.1) is 0 Å². The standard InChI is InChI=1S/C18H30N4.HI/c1-3-19-18(20-4-2)21-14-17-12-8-9-13-22(17)15-16-10-6-5-7-11-16;/h5-7,10-11,17H,3-4,8-9,12-15H2,1-2H3,(H2,19,20,21);1H. The first-order chi connectivity index (χ1) is 10.8. The van der Waals surface area contributed by atoms with Crippen LogP contribution in [0.25, 0.3) is 0 Å². The Morgan fingerprint density at radius 1 is 1.13 bits per heavy atom. The summed E-state index contributed by atoms with van der Waals surface area (Å²) in [6.45, 7) is 9.13. The summed E-state index contributed by atoms with van der Waals surface area (Å²) in [6.07, 6.45) is 3.88. The monoisotopic (exact) mass is 430 g/mol. The maximum atomic E-state index is 4.77. The Labute approximate surface area is 158 Å². The van der Waals surface area contributed by atoms with Gasteiger partial charge in [0.1, 0.15) is 0 Å². The van der Waals surface area contributed by atoms with Crippen molar-refractivity contribution < 1.29 is 0 Å². The van der Waals surface area contributed by atoms with Crippen molar-refractivity contribution in [1.82, 2.24) is 15.5 Å². The molecule has 1 unspecified atom stereocenters. The van der Waals surface area contributed by atoms with Gasteiger partial charge in [-0.15, -0.1) is 24.0 Å². The van der Waals surface area contributed by atoms with Crippen molar-refractivity contribution in [2.75, 3.05) is 26.2 Å². The molecule has 2 rings (SSSR count). The zero-order chi connectivity index (χ0) is 15.6. The predicted octanol–water partition coefficient (Wildman–Crippen LogP) is 3.23. The van der Waals surface area contributed by atoms with Crippen molar-refractivity contribution in [1.29, 1.82) is 0 Å². The van der Waals surface area contributed by atoms with E-state index in [1.807, 2.05) is 0 Å². The molecule has 0 saturated carbocycles. The number of benzene rings is 1. The molecule has 0 bridgehead atoms. The fourth-order valence-corrected chi connectivity index (χ4v) is 3.00. The number of likely N-dealkylation sites (tertiary alicyclic amines) is 1. The lowest BCUT2D eigenvalue weighted by Crippen LogP contribution is -2.43. The minimum atomic E-state index is 0. The predicted molar refractivity (Wildman–Crippen MR) is 110 cm³/mol. The van der Waals surface area contributed by atoms with E-state index in [0.29, 0.717) is 6.04 Å². The molecule has 23 heavy (non-hydrogen) atoms. The highest BCUT2D eigenvalue weighted by molar-refractivity contribution is 14.0. The van der Waals surface area contributed by atoms with Crippen LogP contribution in [0.1, 0.15) is 38.7 Å². The Bertz CT molecular complexity index is 442. The zero-order valence-corrected chi connectivity index (χ0v) is 16.8. The molecule has 130 valence electrons. The minimum absolute atomic E-state index is 0. The van der Waals surface area contributed by atoms with Gasteiger partial charge in [0.05, 0.1) is 6.54 Å². The fourth-order valence-electron chi connectivity index (χ4n) is 3.00. The molecule has 0 aliphatic carbocycles. The first-order valence-corrected chi connectivity index (χ1v) is 8.63. The van der Waals surface area contributed by atoms with E-state index < -0.39 is 0 Å². The minimum Gasteiger partial charge on any atom is -0.357 e. The van der Waals surface area contributed by atoms with Crippen LogP contribution in [0.3, 0.4) is 0 Å². The number of nitrogens with zero attached hydrogens (tertiary/aromatic N) is 2. The number of nitrogens with one attached hydrogen (secondary N) is 2. The summed E-state index contributed by atoms with van der Waals surface area (Å²) in [5, 5.41) is 6.62. The smallest absolute Gasteiger partial charge is 0.191 e. The molecule has 1 aromatic rings. The molecule has 0 spiro atoms. The molecule has 1 atom stereocenters. The molecule has 5 heteroatoms. The second kappa shape index (κ2) is 11.7. The van der Waals surface area contributed by atoms with Gasteiger partial charge in [0.2, 0.25) is 0 Å². The summed E-state index contributed by atoms with van der Waals surface area (Å²) in [7, 11) is 0. The highest BCUT2D eigenvalue weighted by Crippen LogP contribution is 2.19. The number of aliphatic imine (C=N–C) groups is 1. The Kier molecular flexibility index (Phi) is 10.3. The van der Waals surface area contributed by atoms with Gasteiger partial charge in [0.25, 0.3) is 0 Å². The van der Waals surface area contributed by atoms with Crippen LogP contribution in [0.5, 0.6) is 0 Å². The largest absolute Gasteiger partial charge is 0.357 e. The number of piperidine rings is 1. The maximum Gasteiger partial charge on any atom is 0.191 e. The molecule has 0 aromatic heterocycles. The SMILES string of the molecule is CCNC(=NCC1CCCCN1Cc1ccccc1)NCC.I. The van der Waals surface area contributed by atoms with Crippen LogP contribution in [0.15, 0.2) is 35.3 Å². The molecule has 0 amide bonds. The third-order valence-electron chi connectivity index (χ3n) is 4.13. The molecule has 1 aliphatic rings. The molecular weight excluding hydrogens is 399 g/mol. The summed E-state index contributed by atoms with van der Waals surface area (Å²) in [6, 6.07) is 11.3. The van der Waals surface area contributed by atoms with Crippen LogP contribution < -0.4 is 10.6 Å². The third-order valence-corrected chi connectivity index (χ3v) is 4.13. The average molecular weight is 430 g/mol. The third kappa shape index (κ3) is 7.08. The van der Waals surface area contributed by atoms with Crippen molar-refractivity contribution >= 4 is 29.9 Å². The molecule has 4 nitrogen and oxygen atoms in total. The van der Waals surface area contributed by atoms with E-state index >= 15 is 0 Å². The lowest BCUT2D eigenvalue weighted by Gasteiger charge is -2.35. The van der Waals surface area contributed by atoms with E-state index in [9.17, 15) is 0 Å². The molecule has 1 aliphatic heterocycles. The van der Waals surface area contributed by atoms with Crippen LogP contribution >= 0.6 is 24.0 Å². The highest BCUT2D eigenvalue weighted by atomic mass is 127. The normalized spacial score (nSPS) is 17.9. The number of halogens is 1. The van der Waals surface area contributed by atoms with E-state index in [1.54, 1.807) is 0 Å². The van der Waals surface area contributed by atoms with Gasteiger partial charge in [0.15, 0.2) is 5.96 Å². The van der Waals surface area contributed by atoms with E-state index in [2.05, 4.69) is 59.7 Å². The number of guanidine groups is 1. The van der Waals surface area contributed by atoms with Gasteiger partial charge in [-0.2, -0.15) is 0 Å². The molecule has 1 fully saturated rings. The van der Waals surface area contributed by atoms with Crippen LogP contribution in [0.2, 0.25) is 0 Å². The Hall–Kier alpha value is -0.820. The van der Waals surface area contributed by atoms with Crippen LogP contribution in [-0.4, -0.2) is 43.1 Å². The summed E-state index contributed by atoms with van der Waals surface area (Å²) < 4.78 is 0. The van der Waals surface area contributed by atoms with Crippen LogP contribution in [0.4, 0.5) is 0 Å². The second-order valence-electron chi connectivity index (χ2n) is 5.86. The van der Waals surface area contributed by atoms with E-state index in [4.69, 9.17) is 4.99 Å². The first-order valence-electron chi connectivity index (χ1n) is 8.63. The van der Waals surface area contributed by atoms with Crippen molar-refractivity contribution in [2.24, 2.45) is 4.99 Å². The molecule has 2 N–H and O–H groups in total. The average Bonchev–Trinajstić information content (AvgIpc) is 2.55. The van der Waals surface area contributed by atoms with Gasteiger partial charge in [0, 0.05) is 25.7 Å². The van der Waals surface area contributed by atoms with Crippen molar-refractivity contribution in [3.63, 3.8) is 0 Å². The molecular formula is C18H31IN4. The van der Waals surface area contributed by atoms with Gasteiger partial charge >= 0.3 is 0 Å². The Morgan fingerprint density at radius 3 is 2.48 bits per heavy atom. The molecule has 1 heterocycles. The maximum absolute atomic E-state index is 4.77. The quantitative estimate of drug-likeness (QED) is 0.414. The first kappa shape index (κ1) is 20.2. The van der Waals surface area contributed by atoms with Crippen LogP contribution in [-0.2, 0) is 6.54 Å². The number of hydrogen-bond donors (Lipinski definition) is 2. The molecule has 1 aromatic carbocycles. The van der Waals surface area contributed by atoms with Gasteiger partial charge in [-0.1, -0.05) is 36.8 Å². The van der Waals surface area contributed by atoms with E-state index in [-0.39, 0.29) is 24.0 Å². The van der Waals surface area contributed by atoms with Crippen molar-refractivity contribution in [3.05, 3.63) is 35.9 Å². The zero-order valence-electron chi connectivity index (χ0n) is 14.4. The summed E-state index contributed by atoms with van der Waals surface area (Å²) in [4.78, 5) is 7.37. The fraction of sp³-hybridized carbons (Fsp3) is 0.611. The van der Waals surface area contributed by atoms with Gasteiger partial charge in [-0.25, -0.2) is 0 Å². The lowest BCUT2D eigenvalue weighted by molar-refractivity contribution is 0.145. The van der Waals surface area contributed by atoms with Crippen molar-refractivity contribution in [3.8, 4) is 0 Å². The van der Waals surface area contributed by atoms with Gasteiger partial charge in [-0.05, 0) is 38.8 Å². The molecule has 1 saturated heterocycles. The van der Waals surface area contributed by atoms with Gasteiger partial charge < -0.3 is 10.6 Å². The Balaban J connectivity index is 0.00000264. The van der Waals surface area contributed by atoms with Gasteiger partial charge in [-0.3, -0.25) is 9.89 Å². The summed E-state index contributed by atoms with van der Waals surface area (Å²) in [5.74, 6) is 0.940. The summed E-state index contributed by atoms with van der Waals surface area (Å²) in [5.41, 5.74) is 1.40. The topological polar surface area (TPSA) is 39.7 Å². The Morgan fingerprint density at radius 2 is 1.83 bits per heavy atom. The number of hydrogen-bond acceptors (Lipinski definition) is 2. The lowest BCUT2D eigenvalue weighted by atomic mass is 10.0. The number of rotatable bonds is 6. The van der Waals surface area contributed by atoms with E-state index in [0.717, 1.165) is 32.1 Å². The van der Waals surface area contributed by atoms with E-state index in [1.165, 1.54) is 31.4 Å². The summed E-state index contributed by atoms with van der Waals surface area (Å²) >= 11 is 0. The highest BCUT2D eigenvalue weighted by Gasteiger charge is 2.22.